The number of hydrogen-bond acceptors (Lipinski definition) is 3. The molecule has 0 aromatic heterocycles. The van der Waals surface area contributed by atoms with Gasteiger partial charge in [0.25, 0.3) is 0 Å². The molecule has 0 aromatic carbocycles. The fourth-order valence-electron chi connectivity index (χ4n) is 3.39. The lowest BCUT2D eigenvalue weighted by Gasteiger charge is -2.48. The zero-order valence-electron chi connectivity index (χ0n) is 11.1. The summed E-state index contributed by atoms with van der Waals surface area (Å²) in [6.45, 7) is 6.83. The lowest BCUT2D eigenvalue weighted by atomic mass is 9.61. The predicted octanol–water partition coefficient (Wildman–Crippen LogP) is 1.53. The number of carbonyl (C=O) groups excluding carboxylic acids is 2. The molecule has 1 unspecified atom stereocenters. The highest BCUT2D eigenvalue weighted by Crippen LogP contribution is 2.45. The van der Waals surface area contributed by atoms with Crippen molar-refractivity contribution in [2.75, 3.05) is 13.1 Å². The van der Waals surface area contributed by atoms with E-state index in [4.69, 9.17) is 5.26 Å². The first-order chi connectivity index (χ1) is 8.39. The zero-order valence-corrected chi connectivity index (χ0v) is 11.1. The second-order valence-corrected chi connectivity index (χ2v) is 5.66. The van der Waals surface area contributed by atoms with Crippen LogP contribution in [0.15, 0.2) is 11.6 Å². The molecule has 0 N–H and O–H groups in total. The Morgan fingerprint density at radius 2 is 2.28 bits per heavy atom. The number of carbonyl (C=O) groups is 2. The molecule has 0 aromatic rings. The highest BCUT2D eigenvalue weighted by Gasteiger charge is 2.47. The van der Waals surface area contributed by atoms with Crippen molar-refractivity contribution in [3.63, 3.8) is 0 Å². The van der Waals surface area contributed by atoms with Crippen molar-refractivity contribution in [1.82, 2.24) is 4.90 Å². The molecule has 96 valence electrons. The molecular formula is C14H18N2O2. The summed E-state index contributed by atoms with van der Waals surface area (Å²) in [5.74, 6) is 0.129. The molecule has 3 atom stereocenters. The number of nitrogens with zero attached hydrogens (tertiary/aromatic N) is 2. The fraction of sp³-hybridized carbons (Fsp3) is 0.643. The van der Waals surface area contributed by atoms with E-state index < -0.39 is 0 Å². The first-order valence-electron chi connectivity index (χ1n) is 6.32. The Bertz CT molecular complexity index is 475. The number of fused-ring (bicyclic) bond motifs is 1. The maximum Gasteiger partial charge on any atom is 0.219 e. The average Bonchev–Trinajstić information content (AvgIpc) is 2.33. The third-order valence-electron chi connectivity index (χ3n) is 4.41. The van der Waals surface area contributed by atoms with Crippen LogP contribution in [0, 0.1) is 28.6 Å². The van der Waals surface area contributed by atoms with Crippen molar-refractivity contribution in [3.8, 4) is 6.07 Å². The summed E-state index contributed by atoms with van der Waals surface area (Å²) in [5.41, 5.74) is 0.00845. The minimum Gasteiger partial charge on any atom is -0.342 e. The molecular weight excluding hydrogens is 228 g/mol. The topological polar surface area (TPSA) is 61.2 Å². The molecule has 2 aliphatic rings. The number of ketones is 1. The molecule has 2 rings (SSSR count). The predicted molar refractivity (Wildman–Crippen MR) is 66.3 cm³/mol. The van der Waals surface area contributed by atoms with Gasteiger partial charge in [-0.25, -0.2) is 0 Å². The quantitative estimate of drug-likeness (QED) is 0.651. The third kappa shape index (κ3) is 1.84. The van der Waals surface area contributed by atoms with Crippen LogP contribution in [0.5, 0.6) is 0 Å². The van der Waals surface area contributed by atoms with Crippen LogP contribution in [0.3, 0.4) is 0 Å². The Morgan fingerprint density at radius 1 is 1.61 bits per heavy atom. The van der Waals surface area contributed by atoms with E-state index in [0.29, 0.717) is 13.1 Å². The van der Waals surface area contributed by atoms with Crippen molar-refractivity contribution in [1.29, 1.82) is 5.26 Å². The van der Waals surface area contributed by atoms with Gasteiger partial charge in [-0.1, -0.05) is 19.9 Å². The van der Waals surface area contributed by atoms with Crippen molar-refractivity contribution in [2.24, 2.45) is 17.3 Å². The number of allylic oxidation sites excluding steroid dienone is 1. The second-order valence-electron chi connectivity index (χ2n) is 5.66. The standard InChI is InChI=1S/C14H18N2O2/c1-9-12-4-5-16(10(2)17)8-14(12,3)6-11(7-15)13(9)18/h6,9,12H,4-5,8H2,1-3H3/t9-,12-,14?/m0/s1. The molecule has 0 saturated carbocycles. The van der Waals surface area contributed by atoms with Gasteiger partial charge in [-0.15, -0.1) is 0 Å². The monoisotopic (exact) mass is 246 g/mol. The maximum absolute atomic E-state index is 12.0. The highest BCUT2D eigenvalue weighted by molar-refractivity contribution is 6.01. The summed E-state index contributed by atoms with van der Waals surface area (Å²) in [6, 6.07) is 1.99. The number of piperidine rings is 1. The van der Waals surface area contributed by atoms with E-state index in [9.17, 15) is 9.59 Å². The molecule has 1 fully saturated rings. The Balaban J connectivity index is 2.39. The Kier molecular flexibility index (Phi) is 3.02. The molecule has 1 aliphatic carbocycles. The maximum atomic E-state index is 12.0. The van der Waals surface area contributed by atoms with Crippen molar-refractivity contribution < 1.29 is 9.59 Å². The van der Waals surface area contributed by atoms with Crippen LogP contribution >= 0.6 is 0 Å². The third-order valence-corrected chi connectivity index (χ3v) is 4.41. The first kappa shape index (κ1) is 12.8. The number of Topliss-reactive ketones (excluding diaryl/α,β-unsaturated/α-hetero) is 1. The van der Waals surface area contributed by atoms with E-state index in [1.807, 2.05) is 24.8 Å². The van der Waals surface area contributed by atoms with Crippen LogP contribution in [0.2, 0.25) is 0 Å². The van der Waals surface area contributed by atoms with Crippen LogP contribution < -0.4 is 0 Å². The SMILES string of the molecule is CC(=O)N1CC[C@H]2[C@H](C)C(=O)C(C#N)=CC2(C)C1. The van der Waals surface area contributed by atoms with Gasteiger partial charge in [0.2, 0.25) is 5.91 Å². The van der Waals surface area contributed by atoms with E-state index in [1.54, 1.807) is 13.0 Å². The van der Waals surface area contributed by atoms with Crippen molar-refractivity contribution >= 4 is 11.7 Å². The number of rotatable bonds is 0. The summed E-state index contributed by atoms with van der Waals surface area (Å²) in [5, 5.41) is 9.04. The molecule has 1 saturated heterocycles. The van der Waals surface area contributed by atoms with E-state index in [-0.39, 0.29) is 34.5 Å². The van der Waals surface area contributed by atoms with Gasteiger partial charge in [-0.3, -0.25) is 9.59 Å². The summed E-state index contributed by atoms with van der Waals surface area (Å²) in [7, 11) is 0. The number of likely N-dealkylation sites (tertiary alicyclic amines) is 1. The molecule has 1 aliphatic heterocycles. The Labute approximate surface area is 107 Å². The molecule has 0 bridgehead atoms. The molecule has 18 heavy (non-hydrogen) atoms. The molecule has 1 heterocycles. The van der Waals surface area contributed by atoms with Gasteiger partial charge in [-0.2, -0.15) is 5.26 Å². The smallest absolute Gasteiger partial charge is 0.219 e. The minimum atomic E-state index is -0.248. The summed E-state index contributed by atoms with van der Waals surface area (Å²) < 4.78 is 0. The van der Waals surface area contributed by atoms with Crippen LogP contribution in [0.1, 0.15) is 27.2 Å². The number of nitriles is 1. The minimum absolute atomic E-state index is 0.0451. The van der Waals surface area contributed by atoms with Crippen LogP contribution in [-0.4, -0.2) is 29.7 Å². The van der Waals surface area contributed by atoms with Crippen molar-refractivity contribution in [3.05, 3.63) is 11.6 Å². The van der Waals surface area contributed by atoms with Gasteiger partial charge in [0.1, 0.15) is 6.07 Å². The molecule has 0 spiro atoms. The number of amides is 1. The Hall–Kier alpha value is -1.63. The highest BCUT2D eigenvalue weighted by atomic mass is 16.2. The van der Waals surface area contributed by atoms with Crippen LogP contribution in [0.4, 0.5) is 0 Å². The number of hydrogen-bond donors (Lipinski definition) is 0. The molecule has 0 radical (unpaired) electrons. The van der Waals surface area contributed by atoms with Gasteiger partial charge >= 0.3 is 0 Å². The van der Waals surface area contributed by atoms with E-state index in [0.717, 1.165) is 6.42 Å². The summed E-state index contributed by atoms with van der Waals surface area (Å²) in [6.07, 6.45) is 2.62. The molecule has 1 amide bonds. The lowest BCUT2D eigenvalue weighted by Crippen LogP contribution is -2.52. The fourth-order valence-corrected chi connectivity index (χ4v) is 3.39. The molecule has 4 nitrogen and oxygen atoms in total. The second kappa shape index (κ2) is 4.24. The van der Waals surface area contributed by atoms with E-state index in [1.165, 1.54) is 0 Å². The van der Waals surface area contributed by atoms with Gasteiger partial charge in [-0.05, 0) is 12.3 Å². The van der Waals surface area contributed by atoms with E-state index in [2.05, 4.69) is 0 Å². The zero-order chi connectivity index (χ0) is 13.5. The normalized spacial score (nSPS) is 35.6. The average molecular weight is 246 g/mol. The lowest BCUT2D eigenvalue weighted by molar-refractivity contribution is -0.134. The first-order valence-corrected chi connectivity index (χ1v) is 6.32. The summed E-state index contributed by atoms with van der Waals surface area (Å²) in [4.78, 5) is 25.3. The van der Waals surface area contributed by atoms with Gasteiger partial charge in [0.15, 0.2) is 5.78 Å². The van der Waals surface area contributed by atoms with Crippen LogP contribution in [-0.2, 0) is 9.59 Å². The molecule has 4 heteroatoms. The van der Waals surface area contributed by atoms with E-state index >= 15 is 0 Å². The van der Waals surface area contributed by atoms with Crippen molar-refractivity contribution in [2.45, 2.75) is 27.2 Å². The Morgan fingerprint density at radius 3 is 2.83 bits per heavy atom. The van der Waals surface area contributed by atoms with Gasteiger partial charge in [0, 0.05) is 31.3 Å². The van der Waals surface area contributed by atoms with Gasteiger partial charge in [0.05, 0.1) is 5.57 Å². The largest absolute Gasteiger partial charge is 0.342 e. The van der Waals surface area contributed by atoms with Gasteiger partial charge < -0.3 is 4.90 Å². The van der Waals surface area contributed by atoms with Crippen LogP contribution in [0.25, 0.3) is 0 Å². The summed E-state index contributed by atoms with van der Waals surface area (Å²) >= 11 is 0.